The van der Waals surface area contributed by atoms with Gasteiger partial charge in [0.2, 0.25) is 0 Å². The molecule has 1 aromatic rings. The maximum atomic E-state index is 8.76. The van der Waals surface area contributed by atoms with Crippen LogP contribution in [0.15, 0.2) is 24.3 Å². The molecule has 0 spiro atoms. The second-order valence-electron chi connectivity index (χ2n) is 2.52. The number of nitrogens with zero attached hydrogens (tertiary/aromatic N) is 1. The molecule has 0 bridgehead atoms. The quantitative estimate of drug-likeness (QED) is 0.559. The van der Waals surface area contributed by atoms with Crippen molar-refractivity contribution in [2.24, 2.45) is 0 Å². The highest BCUT2D eigenvalue weighted by molar-refractivity contribution is 5.36. The van der Waals surface area contributed by atoms with Gasteiger partial charge >= 0.3 is 0 Å². The second kappa shape index (κ2) is 5.31. The van der Waals surface area contributed by atoms with Gasteiger partial charge in [0, 0.05) is 6.54 Å². The van der Waals surface area contributed by atoms with Gasteiger partial charge in [-0.25, -0.2) is 0 Å². The highest BCUT2D eigenvalue weighted by atomic mass is 16.6. The van der Waals surface area contributed by atoms with Crippen molar-refractivity contribution < 1.29 is 4.84 Å². The number of hydrogen-bond donors (Lipinski definition) is 1. The Morgan fingerprint density at radius 1 is 1.46 bits per heavy atom. The van der Waals surface area contributed by atoms with Crippen LogP contribution >= 0.6 is 0 Å². The van der Waals surface area contributed by atoms with Crippen LogP contribution in [0.3, 0.4) is 0 Å². The van der Waals surface area contributed by atoms with Gasteiger partial charge in [0.1, 0.15) is 0 Å². The Bertz CT molecular complexity index is 304. The Labute approximate surface area is 77.9 Å². The van der Waals surface area contributed by atoms with Crippen LogP contribution in [-0.2, 0) is 11.4 Å². The maximum Gasteiger partial charge on any atom is 0.0995 e. The average molecular weight is 176 g/mol. The number of benzene rings is 1. The van der Waals surface area contributed by atoms with Gasteiger partial charge in [0.25, 0.3) is 0 Å². The molecule has 3 heteroatoms. The smallest absolute Gasteiger partial charge is 0.0995 e. The summed E-state index contributed by atoms with van der Waals surface area (Å²) in [5.74, 6) is 0. The van der Waals surface area contributed by atoms with Gasteiger partial charge in [0.15, 0.2) is 0 Å². The second-order valence-corrected chi connectivity index (χ2v) is 2.52. The summed E-state index contributed by atoms with van der Waals surface area (Å²) in [6, 6.07) is 9.59. The molecule has 0 aliphatic heterocycles. The van der Waals surface area contributed by atoms with Crippen molar-refractivity contribution in [3.8, 4) is 6.07 Å². The third-order valence-electron chi connectivity index (χ3n) is 1.65. The zero-order chi connectivity index (χ0) is 9.52. The normalized spacial score (nSPS) is 9.54. The number of rotatable bonds is 4. The SMILES string of the molecule is CCONCc1ccccc1C#N. The van der Waals surface area contributed by atoms with E-state index in [1.807, 2.05) is 25.1 Å². The Morgan fingerprint density at radius 2 is 2.23 bits per heavy atom. The molecule has 1 N–H and O–H groups in total. The first-order valence-electron chi connectivity index (χ1n) is 4.21. The summed E-state index contributed by atoms with van der Waals surface area (Å²) in [7, 11) is 0. The molecule has 0 saturated heterocycles. The predicted octanol–water partition coefficient (Wildman–Crippen LogP) is 1.60. The first-order chi connectivity index (χ1) is 6.38. The van der Waals surface area contributed by atoms with Crippen molar-refractivity contribution >= 4 is 0 Å². The molecule has 0 radical (unpaired) electrons. The molecule has 0 amide bonds. The lowest BCUT2D eigenvalue weighted by molar-refractivity contribution is 0.0463. The van der Waals surface area contributed by atoms with Gasteiger partial charge in [-0.3, -0.25) is 0 Å². The highest BCUT2D eigenvalue weighted by Gasteiger charge is 1.98. The molecular weight excluding hydrogens is 164 g/mol. The van der Waals surface area contributed by atoms with Gasteiger partial charge in [-0.15, -0.1) is 0 Å². The average Bonchev–Trinajstić information content (AvgIpc) is 2.19. The minimum absolute atomic E-state index is 0.567. The van der Waals surface area contributed by atoms with Crippen molar-refractivity contribution in [3.63, 3.8) is 0 Å². The summed E-state index contributed by atoms with van der Waals surface area (Å²) in [6.07, 6.45) is 0. The van der Waals surface area contributed by atoms with Crippen molar-refractivity contribution in [3.05, 3.63) is 35.4 Å². The van der Waals surface area contributed by atoms with E-state index in [9.17, 15) is 0 Å². The monoisotopic (exact) mass is 176 g/mol. The van der Waals surface area contributed by atoms with E-state index in [0.717, 1.165) is 5.56 Å². The molecule has 13 heavy (non-hydrogen) atoms. The van der Waals surface area contributed by atoms with Crippen LogP contribution in [0.1, 0.15) is 18.1 Å². The summed E-state index contributed by atoms with van der Waals surface area (Å²) in [6.45, 7) is 3.09. The van der Waals surface area contributed by atoms with E-state index < -0.39 is 0 Å². The van der Waals surface area contributed by atoms with Gasteiger partial charge in [-0.1, -0.05) is 18.2 Å². The van der Waals surface area contributed by atoms with Crippen molar-refractivity contribution in [1.82, 2.24) is 5.48 Å². The third kappa shape index (κ3) is 2.86. The molecule has 0 aliphatic rings. The Kier molecular flexibility index (Phi) is 3.97. The molecule has 0 heterocycles. The predicted molar refractivity (Wildman–Crippen MR) is 49.6 cm³/mol. The standard InChI is InChI=1S/C10H12N2O/c1-2-13-12-8-10-6-4-3-5-9(10)7-11/h3-6,12H,2,8H2,1H3. The molecule has 0 saturated carbocycles. The number of hydrogen-bond acceptors (Lipinski definition) is 3. The summed E-state index contributed by atoms with van der Waals surface area (Å²) in [5.41, 5.74) is 4.42. The lowest BCUT2D eigenvalue weighted by atomic mass is 10.1. The fraction of sp³-hybridized carbons (Fsp3) is 0.300. The fourth-order valence-corrected chi connectivity index (χ4v) is 1.01. The molecule has 0 fully saturated rings. The third-order valence-corrected chi connectivity index (χ3v) is 1.65. The van der Waals surface area contributed by atoms with Gasteiger partial charge in [-0.05, 0) is 18.6 Å². The van der Waals surface area contributed by atoms with E-state index in [1.54, 1.807) is 6.07 Å². The Hall–Kier alpha value is -1.37. The van der Waals surface area contributed by atoms with E-state index in [2.05, 4.69) is 11.5 Å². The van der Waals surface area contributed by atoms with Crippen molar-refractivity contribution in [2.45, 2.75) is 13.5 Å². The first kappa shape index (κ1) is 9.72. The lowest BCUT2D eigenvalue weighted by Gasteiger charge is -2.04. The van der Waals surface area contributed by atoms with Crippen LogP contribution in [-0.4, -0.2) is 6.61 Å². The van der Waals surface area contributed by atoms with E-state index in [4.69, 9.17) is 10.1 Å². The van der Waals surface area contributed by atoms with Crippen molar-refractivity contribution in [2.75, 3.05) is 6.61 Å². The Morgan fingerprint density at radius 3 is 2.92 bits per heavy atom. The van der Waals surface area contributed by atoms with Crippen LogP contribution in [0.2, 0.25) is 0 Å². The minimum atomic E-state index is 0.567. The van der Waals surface area contributed by atoms with Gasteiger partial charge in [-0.2, -0.15) is 10.7 Å². The van der Waals surface area contributed by atoms with Crippen LogP contribution in [0.4, 0.5) is 0 Å². The summed E-state index contributed by atoms with van der Waals surface area (Å²) in [4.78, 5) is 4.98. The van der Waals surface area contributed by atoms with E-state index in [-0.39, 0.29) is 0 Å². The molecule has 0 unspecified atom stereocenters. The summed E-state index contributed by atoms with van der Waals surface area (Å²) < 4.78 is 0. The van der Waals surface area contributed by atoms with E-state index in [1.165, 1.54) is 0 Å². The topological polar surface area (TPSA) is 45.0 Å². The number of nitriles is 1. The molecule has 1 aromatic carbocycles. The highest BCUT2D eigenvalue weighted by Crippen LogP contribution is 2.06. The molecule has 0 aromatic heterocycles. The van der Waals surface area contributed by atoms with Crippen LogP contribution in [0.5, 0.6) is 0 Å². The number of nitrogens with one attached hydrogen (secondary N) is 1. The van der Waals surface area contributed by atoms with Gasteiger partial charge < -0.3 is 4.84 Å². The molecule has 1 rings (SSSR count). The minimum Gasteiger partial charge on any atom is -0.302 e. The Balaban J connectivity index is 2.60. The summed E-state index contributed by atoms with van der Waals surface area (Å²) in [5, 5.41) is 8.76. The van der Waals surface area contributed by atoms with Crippen LogP contribution in [0, 0.1) is 11.3 Å². The fourth-order valence-electron chi connectivity index (χ4n) is 1.01. The van der Waals surface area contributed by atoms with Crippen LogP contribution < -0.4 is 5.48 Å². The molecule has 0 aliphatic carbocycles. The first-order valence-corrected chi connectivity index (χ1v) is 4.21. The number of hydroxylamine groups is 1. The molecule has 3 nitrogen and oxygen atoms in total. The molecular formula is C10H12N2O. The van der Waals surface area contributed by atoms with E-state index >= 15 is 0 Å². The largest absolute Gasteiger partial charge is 0.302 e. The summed E-state index contributed by atoms with van der Waals surface area (Å²) >= 11 is 0. The molecule has 0 atom stereocenters. The zero-order valence-electron chi connectivity index (χ0n) is 7.58. The zero-order valence-corrected chi connectivity index (χ0v) is 7.58. The lowest BCUT2D eigenvalue weighted by Crippen LogP contribution is -2.14. The molecule has 68 valence electrons. The maximum absolute atomic E-state index is 8.76. The van der Waals surface area contributed by atoms with E-state index in [0.29, 0.717) is 18.7 Å². The van der Waals surface area contributed by atoms with Crippen LogP contribution in [0.25, 0.3) is 0 Å². The van der Waals surface area contributed by atoms with Gasteiger partial charge in [0.05, 0.1) is 18.2 Å². The van der Waals surface area contributed by atoms with Crippen molar-refractivity contribution in [1.29, 1.82) is 5.26 Å².